The Morgan fingerprint density at radius 3 is 2.75 bits per heavy atom. The van der Waals surface area contributed by atoms with Gasteiger partial charge >= 0.3 is 0 Å². The van der Waals surface area contributed by atoms with Crippen LogP contribution in [0.25, 0.3) is 0 Å². The summed E-state index contributed by atoms with van der Waals surface area (Å²) in [7, 11) is 0. The van der Waals surface area contributed by atoms with E-state index in [-0.39, 0.29) is 0 Å². The first-order chi connectivity index (χ1) is 5.77. The molecule has 3 unspecified atom stereocenters. The predicted octanol–water partition coefficient (Wildman–Crippen LogP) is 1.50. The van der Waals surface area contributed by atoms with Gasteiger partial charge in [-0.2, -0.15) is 0 Å². The van der Waals surface area contributed by atoms with Crippen molar-refractivity contribution in [3.8, 4) is 0 Å². The molecule has 2 nitrogen and oxygen atoms in total. The lowest BCUT2D eigenvalue weighted by Gasteiger charge is -2.08. The van der Waals surface area contributed by atoms with Gasteiger partial charge in [-0.15, -0.1) is 0 Å². The minimum atomic E-state index is 0.399. The van der Waals surface area contributed by atoms with Crippen molar-refractivity contribution in [1.29, 1.82) is 0 Å². The summed E-state index contributed by atoms with van der Waals surface area (Å²) in [5, 5.41) is 3.54. The van der Waals surface area contributed by atoms with Crippen LogP contribution in [0.1, 0.15) is 39.5 Å². The van der Waals surface area contributed by atoms with Gasteiger partial charge in [0.2, 0.25) is 0 Å². The van der Waals surface area contributed by atoms with E-state index in [4.69, 9.17) is 5.73 Å². The van der Waals surface area contributed by atoms with Crippen molar-refractivity contribution in [1.82, 2.24) is 5.32 Å². The smallest absolute Gasteiger partial charge is 0.00990 e. The summed E-state index contributed by atoms with van der Waals surface area (Å²) >= 11 is 0. The van der Waals surface area contributed by atoms with Crippen LogP contribution in [0.5, 0.6) is 0 Å². The Hall–Kier alpha value is -0.0800. The van der Waals surface area contributed by atoms with Gasteiger partial charge in [-0.3, -0.25) is 0 Å². The summed E-state index contributed by atoms with van der Waals surface area (Å²) in [6.07, 6.45) is 4.95. The first-order valence-electron chi connectivity index (χ1n) is 5.26. The van der Waals surface area contributed by atoms with Crippen molar-refractivity contribution in [3.63, 3.8) is 0 Å². The fourth-order valence-corrected chi connectivity index (χ4v) is 1.61. The Morgan fingerprint density at radius 1 is 1.50 bits per heavy atom. The zero-order chi connectivity index (χ0) is 8.97. The Balaban J connectivity index is 1.90. The Bertz CT molecular complexity index is 125. The molecular weight excluding hydrogens is 148 g/mol. The first-order valence-corrected chi connectivity index (χ1v) is 5.26. The molecule has 3 N–H and O–H groups in total. The lowest BCUT2D eigenvalue weighted by Crippen LogP contribution is -2.27. The zero-order valence-corrected chi connectivity index (χ0v) is 8.34. The minimum absolute atomic E-state index is 0.399. The molecule has 72 valence electrons. The van der Waals surface area contributed by atoms with Crippen molar-refractivity contribution < 1.29 is 0 Å². The summed E-state index contributed by atoms with van der Waals surface area (Å²) in [6, 6.07) is 1.22. The van der Waals surface area contributed by atoms with E-state index in [2.05, 4.69) is 19.2 Å². The highest BCUT2D eigenvalue weighted by atomic mass is 15.0. The topological polar surface area (TPSA) is 38.0 Å². The number of hydrogen-bond acceptors (Lipinski definition) is 2. The van der Waals surface area contributed by atoms with E-state index in [9.17, 15) is 0 Å². The molecule has 0 radical (unpaired) electrons. The molecule has 0 aromatic rings. The molecule has 3 atom stereocenters. The summed E-state index contributed by atoms with van der Waals surface area (Å²) in [6.45, 7) is 5.52. The van der Waals surface area contributed by atoms with Crippen LogP contribution in [0, 0.1) is 5.92 Å². The highest BCUT2D eigenvalue weighted by molar-refractivity contribution is 4.91. The predicted molar refractivity (Wildman–Crippen MR) is 53.1 cm³/mol. The molecule has 0 amide bonds. The second-order valence-corrected chi connectivity index (χ2v) is 3.92. The van der Waals surface area contributed by atoms with E-state index >= 15 is 0 Å². The van der Waals surface area contributed by atoms with Crippen LogP contribution in [0.15, 0.2) is 0 Å². The first kappa shape index (κ1) is 10.0. The molecule has 0 spiro atoms. The molecule has 0 aromatic heterocycles. The maximum absolute atomic E-state index is 5.81. The zero-order valence-electron chi connectivity index (χ0n) is 8.34. The molecule has 1 aliphatic carbocycles. The van der Waals surface area contributed by atoms with Crippen molar-refractivity contribution in [2.24, 2.45) is 11.7 Å². The molecule has 1 aliphatic rings. The molecular formula is C10H22N2. The summed E-state index contributed by atoms with van der Waals surface area (Å²) in [5.41, 5.74) is 5.81. The average Bonchev–Trinajstić information content (AvgIpc) is 2.83. The van der Waals surface area contributed by atoms with Gasteiger partial charge in [0, 0.05) is 12.1 Å². The quantitative estimate of drug-likeness (QED) is 0.634. The Labute approximate surface area is 75.9 Å². The largest absolute Gasteiger partial charge is 0.328 e. The van der Waals surface area contributed by atoms with E-state index in [1.807, 2.05) is 0 Å². The molecule has 12 heavy (non-hydrogen) atoms. The number of nitrogens with two attached hydrogens (primary N) is 1. The van der Waals surface area contributed by atoms with Gasteiger partial charge in [0.25, 0.3) is 0 Å². The molecule has 0 heterocycles. The van der Waals surface area contributed by atoms with Crippen molar-refractivity contribution in [3.05, 3.63) is 0 Å². The van der Waals surface area contributed by atoms with Crippen LogP contribution in [0.2, 0.25) is 0 Å². The second kappa shape index (κ2) is 4.83. The summed E-state index contributed by atoms with van der Waals surface area (Å²) < 4.78 is 0. The van der Waals surface area contributed by atoms with Crippen molar-refractivity contribution in [2.75, 3.05) is 6.54 Å². The van der Waals surface area contributed by atoms with E-state index in [1.165, 1.54) is 12.8 Å². The highest BCUT2D eigenvalue weighted by Gasteiger charge is 2.34. The fourth-order valence-electron chi connectivity index (χ4n) is 1.61. The van der Waals surface area contributed by atoms with Crippen molar-refractivity contribution >= 4 is 0 Å². The second-order valence-electron chi connectivity index (χ2n) is 3.92. The highest BCUT2D eigenvalue weighted by Crippen LogP contribution is 2.32. The molecule has 0 bridgehead atoms. The van der Waals surface area contributed by atoms with Crippen LogP contribution in [-0.4, -0.2) is 18.6 Å². The molecule has 1 rings (SSSR count). The van der Waals surface area contributed by atoms with Crippen LogP contribution in [0.4, 0.5) is 0 Å². The van der Waals surface area contributed by atoms with Crippen LogP contribution in [-0.2, 0) is 0 Å². The van der Waals surface area contributed by atoms with Crippen LogP contribution in [0.3, 0.4) is 0 Å². The summed E-state index contributed by atoms with van der Waals surface area (Å²) in [5.74, 6) is 0.961. The number of hydrogen-bond donors (Lipinski definition) is 2. The monoisotopic (exact) mass is 170 g/mol. The third kappa shape index (κ3) is 3.11. The normalized spacial score (nSPS) is 30.2. The van der Waals surface area contributed by atoms with E-state index < -0.39 is 0 Å². The van der Waals surface area contributed by atoms with E-state index in [0.717, 1.165) is 31.3 Å². The molecule has 2 heteroatoms. The molecule has 1 saturated carbocycles. The van der Waals surface area contributed by atoms with Crippen LogP contribution < -0.4 is 11.1 Å². The third-order valence-corrected chi connectivity index (χ3v) is 2.89. The van der Waals surface area contributed by atoms with E-state index in [0.29, 0.717) is 6.04 Å². The van der Waals surface area contributed by atoms with Gasteiger partial charge in [-0.05, 0) is 31.7 Å². The van der Waals surface area contributed by atoms with Gasteiger partial charge in [0.15, 0.2) is 0 Å². The number of rotatable bonds is 6. The van der Waals surface area contributed by atoms with Gasteiger partial charge in [0.05, 0.1) is 0 Å². The molecule has 1 fully saturated rings. The Morgan fingerprint density at radius 2 is 2.25 bits per heavy atom. The summed E-state index contributed by atoms with van der Waals surface area (Å²) in [4.78, 5) is 0. The Kier molecular flexibility index (Phi) is 4.02. The molecule has 0 aromatic carbocycles. The van der Waals surface area contributed by atoms with Gasteiger partial charge < -0.3 is 11.1 Å². The van der Waals surface area contributed by atoms with Gasteiger partial charge in [-0.1, -0.05) is 20.3 Å². The van der Waals surface area contributed by atoms with Gasteiger partial charge in [-0.25, -0.2) is 0 Å². The lowest BCUT2D eigenvalue weighted by molar-refractivity contribution is 0.534. The fraction of sp³-hybridized carbons (Fsp3) is 1.00. The standard InChI is InChI=1S/C10H22N2/c1-3-8-7-10(8)12-6-5-9(11)4-2/h8-10,12H,3-7,11H2,1-2H3. The molecule has 0 saturated heterocycles. The minimum Gasteiger partial charge on any atom is -0.328 e. The maximum atomic E-state index is 5.81. The van der Waals surface area contributed by atoms with Gasteiger partial charge in [0.1, 0.15) is 0 Å². The average molecular weight is 170 g/mol. The van der Waals surface area contributed by atoms with Crippen LogP contribution >= 0.6 is 0 Å². The lowest BCUT2D eigenvalue weighted by atomic mass is 10.2. The maximum Gasteiger partial charge on any atom is 0.00990 e. The van der Waals surface area contributed by atoms with Crippen molar-refractivity contribution in [2.45, 2.75) is 51.6 Å². The third-order valence-electron chi connectivity index (χ3n) is 2.89. The van der Waals surface area contributed by atoms with E-state index in [1.54, 1.807) is 0 Å². The number of nitrogens with one attached hydrogen (secondary N) is 1. The SMILES string of the molecule is CCC(N)CCNC1CC1CC. The molecule has 0 aliphatic heterocycles.